The molecule has 2 heterocycles. The summed E-state index contributed by atoms with van der Waals surface area (Å²) in [5, 5.41) is 0.910. The molecule has 0 saturated carbocycles. The molecule has 1 aliphatic rings. The molecule has 24 heavy (non-hydrogen) atoms. The smallest absolute Gasteiger partial charge is 0.243 e. The number of benzene rings is 2. The molecule has 0 aliphatic carbocycles. The fourth-order valence-electron chi connectivity index (χ4n) is 3.13. The van der Waals surface area contributed by atoms with E-state index in [1.807, 2.05) is 36.4 Å². The van der Waals surface area contributed by atoms with Gasteiger partial charge in [-0.25, -0.2) is 8.42 Å². The number of halogens is 1. The number of rotatable bonds is 3. The van der Waals surface area contributed by atoms with Crippen LogP contribution in [0.1, 0.15) is 12.8 Å². The zero-order valence-electron chi connectivity index (χ0n) is 13.0. The van der Waals surface area contributed by atoms with E-state index in [0.29, 0.717) is 18.0 Å². The number of aromatic nitrogens is 1. The van der Waals surface area contributed by atoms with E-state index in [1.54, 1.807) is 16.4 Å². The van der Waals surface area contributed by atoms with E-state index in [1.165, 1.54) is 0 Å². The van der Waals surface area contributed by atoms with Crippen molar-refractivity contribution >= 4 is 36.9 Å². The van der Waals surface area contributed by atoms with Crippen LogP contribution in [0.5, 0.6) is 0 Å². The molecule has 1 fully saturated rings. The lowest BCUT2D eigenvalue weighted by Crippen LogP contribution is -2.27. The standard InChI is InChI=1S/C18H17BrN2O2S/c19-15-5-3-13(4-6-15)18-12-14-11-16(7-8-17(14)20-18)24(22,23)21-9-1-2-10-21/h3-8,11-12,20H,1-2,9-10H2. The van der Waals surface area contributed by atoms with E-state index in [0.717, 1.165) is 39.5 Å². The summed E-state index contributed by atoms with van der Waals surface area (Å²) in [5.74, 6) is 0. The van der Waals surface area contributed by atoms with Crippen LogP contribution in [0, 0.1) is 0 Å². The van der Waals surface area contributed by atoms with Gasteiger partial charge in [0.05, 0.1) is 4.90 Å². The molecule has 0 spiro atoms. The number of nitrogens with one attached hydrogen (secondary N) is 1. The molecule has 3 aromatic rings. The van der Waals surface area contributed by atoms with Crippen molar-refractivity contribution in [3.63, 3.8) is 0 Å². The summed E-state index contributed by atoms with van der Waals surface area (Å²) < 4.78 is 28.0. The van der Waals surface area contributed by atoms with E-state index in [-0.39, 0.29) is 0 Å². The summed E-state index contributed by atoms with van der Waals surface area (Å²) in [4.78, 5) is 3.73. The number of aromatic amines is 1. The molecule has 6 heteroatoms. The van der Waals surface area contributed by atoms with Gasteiger partial charge in [0.15, 0.2) is 0 Å². The van der Waals surface area contributed by atoms with Crippen LogP contribution < -0.4 is 0 Å². The lowest BCUT2D eigenvalue weighted by Gasteiger charge is -2.15. The van der Waals surface area contributed by atoms with E-state index in [2.05, 4.69) is 20.9 Å². The molecule has 0 atom stereocenters. The summed E-state index contributed by atoms with van der Waals surface area (Å²) in [6.07, 6.45) is 1.89. The molecule has 1 aliphatic heterocycles. The van der Waals surface area contributed by atoms with Crippen LogP contribution in [0.2, 0.25) is 0 Å². The normalized spacial score (nSPS) is 16.0. The van der Waals surface area contributed by atoms with Gasteiger partial charge in [0.1, 0.15) is 0 Å². The van der Waals surface area contributed by atoms with Crippen molar-refractivity contribution in [1.82, 2.24) is 9.29 Å². The first-order chi connectivity index (χ1) is 11.5. The highest BCUT2D eigenvalue weighted by molar-refractivity contribution is 9.10. The fraction of sp³-hybridized carbons (Fsp3) is 0.222. The van der Waals surface area contributed by atoms with E-state index in [4.69, 9.17) is 0 Å². The summed E-state index contributed by atoms with van der Waals surface area (Å²) in [5.41, 5.74) is 2.99. The molecule has 0 radical (unpaired) electrons. The van der Waals surface area contributed by atoms with Gasteiger partial charge in [-0.15, -0.1) is 0 Å². The van der Waals surface area contributed by atoms with Gasteiger partial charge in [0, 0.05) is 34.2 Å². The first-order valence-electron chi connectivity index (χ1n) is 7.93. The Hall–Kier alpha value is -1.63. The summed E-state index contributed by atoms with van der Waals surface area (Å²) in [7, 11) is -3.38. The Morgan fingerprint density at radius 2 is 1.67 bits per heavy atom. The third-order valence-electron chi connectivity index (χ3n) is 4.45. The first kappa shape index (κ1) is 15.9. The van der Waals surface area contributed by atoms with Crippen molar-refractivity contribution in [3.05, 3.63) is 53.0 Å². The molecule has 4 rings (SSSR count). The molecule has 0 bridgehead atoms. The zero-order valence-corrected chi connectivity index (χ0v) is 15.4. The highest BCUT2D eigenvalue weighted by Crippen LogP contribution is 2.28. The number of fused-ring (bicyclic) bond motifs is 1. The van der Waals surface area contributed by atoms with E-state index in [9.17, 15) is 8.42 Å². The molecular formula is C18H17BrN2O2S. The Balaban J connectivity index is 1.75. The fourth-order valence-corrected chi connectivity index (χ4v) is 4.95. The van der Waals surface area contributed by atoms with E-state index < -0.39 is 10.0 Å². The number of hydrogen-bond acceptors (Lipinski definition) is 2. The van der Waals surface area contributed by atoms with Crippen LogP contribution >= 0.6 is 15.9 Å². The quantitative estimate of drug-likeness (QED) is 0.703. The number of sulfonamides is 1. The Morgan fingerprint density at radius 3 is 2.38 bits per heavy atom. The van der Waals surface area contributed by atoms with Crippen molar-refractivity contribution in [2.45, 2.75) is 17.7 Å². The molecule has 0 amide bonds. The monoisotopic (exact) mass is 404 g/mol. The minimum absolute atomic E-state index is 0.373. The van der Waals surface area contributed by atoms with Crippen molar-refractivity contribution in [2.24, 2.45) is 0 Å². The molecule has 2 aromatic carbocycles. The minimum Gasteiger partial charge on any atom is -0.355 e. The van der Waals surface area contributed by atoms with Crippen LogP contribution in [0.25, 0.3) is 22.2 Å². The number of nitrogens with zero attached hydrogens (tertiary/aromatic N) is 1. The summed E-state index contributed by atoms with van der Waals surface area (Å²) >= 11 is 3.43. The summed E-state index contributed by atoms with van der Waals surface area (Å²) in [6.45, 7) is 1.25. The van der Waals surface area contributed by atoms with Gasteiger partial charge in [-0.2, -0.15) is 4.31 Å². The molecule has 4 nitrogen and oxygen atoms in total. The van der Waals surface area contributed by atoms with Crippen LogP contribution in [0.3, 0.4) is 0 Å². The Labute approximate surface area is 149 Å². The Kier molecular flexibility index (Phi) is 3.98. The van der Waals surface area contributed by atoms with Crippen molar-refractivity contribution in [2.75, 3.05) is 13.1 Å². The second-order valence-electron chi connectivity index (χ2n) is 6.05. The predicted octanol–water partition coefficient (Wildman–Crippen LogP) is 4.38. The highest BCUT2D eigenvalue weighted by Gasteiger charge is 2.27. The van der Waals surface area contributed by atoms with Crippen LogP contribution in [-0.2, 0) is 10.0 Å². The van der Waals surface area contributed by atoms with Gasteiger partial charge in [-0.3, -0.25) is 0 Å². The molecule has 1 aromatic heterocycles. The Morgan fingerprint density at radius 1 is 0.958 bits per heavy atom. The van der Waals surface area contributed by atoms with Crippen LogP contribution in [0.4, 0.5) is 0 Å². The van der Waals surface area contributed by atoms with Crippen molar-refractivity contribution in [3.8, 4) is 11.3 Å². The van der Waals surface area contributed by atoms with Crippen LogP contribution in [-0.4, -0.2) is 30.8 Å². The average Bonchev–Trinajstić information content (AvgIpc) is 3.24. The topological polar surface area (TPSA) is 53.2 Å². The van der Waals surface area contributed by atoms with Gasteiger partial charge in [0.2, 0.25) is 10.0 Å². The first-order valence-corrected chi connectivity index (χ1v) is 10.2. The molecule has 1 saturated heterocycles. The molecule has 0 unspecified atom stereocenters. The lowest BCUT2D eigenvalue weighted by atomic mass is 10.1. The van der Waals surface area contributed by atoms with Gasteiger partial charge in [-0.05, 0) is 54.8 Å². The number of hydrogen-bond donors (Lipinski definition) is 1. The second kappa shape index (κ2) is 6.02. The second-order valence-corrected chi connectivity index (χ2v) is 8.90. The van der Waals surface area contributed by atoms with Gasteiger partial charge in [0.25, 0.3) is 0 Å². The maximum absolute atomic E-state index is 12.7. The zero-order chi connectivity index (χ0) is 16.7. The van der Waals surface area contributed by atoms with Gasteiger partial charge in [-0.1, -0.05) is 28.1 Å². The van der Waals surface area contributed by atoms with Gasteiger partial charge < -0.3 is 4.98 Å². The lowest BCUT2D eigenvalue weighted by molar-refractivity contribution is 0.477. The van der Waals surface area contributed by atoms with Crippen molar-refractivity contribution < 1.29 is 8.42 Å². The SMILES string of the molecule is O=S(=O)(c1ccc2[nH]c(-c3ccc(Br)cc3)cc2c1)N1CCCC1. The summed E-state index contributed by atoms with van der Waals surface area (Å²) in [6, 6.07) is 15.3. The molecule has 124 valence electrons. The predicted molar refractivity (Wildman–Crippen MR) is 99.4 cm³/mol. The molecular weight excluding hydrogens is 388 g/mol. The average molecular weight is 405 g/mol. The molecule has 1 N–H and O–H groups in total. The maximum atomic E-state index is 12.7. The van der Waals surface area contributed by atoms with Gasteiger partial charge >= 0.3 is 0 Å². The van der Waals surface area contributed by atoms with E-state index >= 15 is 0 Å². The largest absolute Gasteiger partial charge is 0.355 e. The number of H-pyrrole nitrogens is 1. The third-order valence-corrected chi connectivity index (χ3v) is 6.87. The maximum Gasteiger partial charge on any atom is 0.243 e. The van der Waals surface area contributed by atoms with Crippen molar-refractivity contribution in [1.29, 1.82) is 0 Å². The third kappa shape index (κ3) is 2.79. The highest BCUT2D eigenvalue weighted by atomic mass is 79.9. The minimum atomic E-state index is -3.38. The Bertz CT molecular complexity index is 988. The van der Waals surface area contributed by atoms with Crippen LogP contribution in [0.15, 0.2) is 57.9 Å².